The highest BCUT2D eigenvalue weighted by Gasteiger charge is 2.21. The van der Waals surface area contributed by atoms with Gasteiger partial charge in [-0.1, -0.05) is 36.4 Å². The van der Waals surface area contributed by atoms with Crippen LogP contribution in [-0.4, -0.2) is 31.7 Å². The van der Waals surface area contributed by atoms with E-state index in [1.807, 2.05) is 85.8 Å². The normalized spacial score (nSPS) is 11.2. The van der Waals surface area contributed by atoms with Crippen LogP contribution in [0.25, 0.3) is 28.7 Å². The van der Waals surface area contributed by atoms with E-state index in [0.717, 1.165) is 17.0 Å². The van der Waals surface area contributed by atoms with Crippen molar-refractivity contribution in [2.24, 2.45) is 7.05 Å². The maximum atomic E-state index is 13.3. The van der Waals surface area contributed by atoms with Crippen molar-refractivity contribution in [1.29, 1.82) is 5.26 Å². The van der Waals surface area contributed by atoms with Crippen molar-refractivity contribution in [3.63, 3.8) is 0 Å². The fraction of sp³-hybridized carbons (Fsp3) is 0.125. The van der Waals surface area contributed by atoms with Crippen molar-refractivity contribution in [3.8, 4) is 34.5 Å². The van der Waals surface area contributed by atoms with Gasteiger partial charge in [-0.3, -0.25) is 14.3 Å². The lowest BCUT2D eigenvalue weighted by molar-refractivity contribution is -0.112. The first-order chi connectivity index (χ1) is 19.9. The van der Waals surface area contributed by atoms with Gasteiger partial charge in [0.05, 0.1) is 29.4 Å². The van der Waals surface area contributed by atoms with Gasteiger partial charge in [0.15, 0.2) is 0 Å². The number of carbonyl (C=O) groups is 1. The minimum atomic E-state index is -0.691. The summed E-state index contributed by atoms with van der Waals surface area (Å²) in [6.45, 7) is 4.20. The van der Waals surface area contributed by atoms with E-state index in [-0.39, 0.29) is 11.3 Å². The fourth-order valence-corrected chi connectivity index (χ4v) is 4.50. The van der Waals surface area contributed by atoms with Crippen LogP contribution < -0.4 is 15.6 Å². The summed E-state index contributed by atoms with van der Waals surface area (Å²) in [6, 6.07) is 28.1. The summed E-state index contributed by atoms with van der Waals surface area (Å²) in [5.74, 6) is 0.0379. The summed E-state index contributed by atoms with van der Waals surface area (Å²) in [5, 5.41) is 17.4. The molecule has 0 aliphatic carbocycles. The molecule has 2 aromatic heterocycles. The Kier molecular flexibility index (Phi) is 7.65. The molecule has 5 aromatic rings. The SMILES string of the molecule is CCOc1ccc(-c2nn(-c3ccccc3)cc2/C=C(\C#N)C(=O)Nc2c(C)n(C)n(-c3ccccc3)c2=O)cc1. The molecule has 41 heavy (non-hydrogen) atoms. The first-order valence-electron chi connectivity index (χ1n) is 13.1. The van der Waals surface area contributed by atoms with Crippen molar-refractivity contribution < 1.29 is 9.53 Å². The van der Waals surface area contributed by atoms with E-state index in [9.17, 15) is 14.9 Å². The van der Waals surface area contributed by atoms with E-state index in [1.165, 1.54) is 10.8 Å². The maximum absolute atomic E-state index is 13.3. The van der Waals surface area contributed by atoms with Gasteiger partial charge in [-0.05, 0) is 68.5 Å². The molecule has 0 bridgehead atoms. The molecule has 0 aliphatic heterocycles. The molecule has 5 rings (SSSR count). The Labute approximate surface area is 237 Å². The lowest BCUT2D eigenvalue weighted by Crippen LogP contribution is -2.23. The van der Waals surface area contributed by atoms with E-state index >= 15 is 0 Å². The van der Waals surface area contributed by atoms with Crippen molar-refractivity contribution >= 4 is 17.7 Å². The number of hydrogen-bond acceptors (Lipinski definition) is 5. The minimum Gasteiger partial charge on any atom is -0.494 e. The average molecular weight is 545 g/mol. The van der Waals surface area contributed by atoms with E-state index in [1.54, 1.807) is 41.7 Å². The first kappa shape index (κ1) is 27.0. The number of benzene rings is 3. The summed E-state index contributed by atoms with van der Waals surface area (Å²) in [7, 11) is 1.74. The molecule has 204 valence electrons. The van der Waals surface area contributed by atoms with E-state index in [2.05, 4.69) is 5.32 Å². The van der Waals surface area contributed by atoms with Gasteiger partial charge in [0, 0.05) is 24.4 Å². The molecule has 0 radical (unpaired) electrons. The molecule has 0 spiro atoms. The van der Waals surface area contributed by atoms with Crippen LogP contribution in [0.15, 0.2) is 101 Å². The number of rotatable bonds is 8. The smallest absolute Gasteiger partial charge is 0.295 e. The van der Waals surface area contributed by atoms with Gasteiger partial charge in [-0.15, -0.1) is 0 Å². The lowest BCUT2D eigenvalue weighted by atomic mass is 10.1. The number of nitrogens with zero attached hydrogens (tertiary/aromatic N) is 5. The minimum absolute atomic E-state index is 0.106. The second-order valence-electron chi connectivity index (χ2n) is 9.23. The lowest BCUT2D eigenvalue weighted by Gasteiger charge is -2.07. The molecule has 9 heteroatoms. The highest BCUT2D eigenvalue weighted by molar-refractivity contribution is 6.10. The standard InChI is InChI=1S/C32H28N6O3/c1-4-41-28-17-15-23(16-18-28)30-25(21-37(35-30)26-11-7-5-8-12-26)19-24(20-33)31(39)34-29-22(2)36(3)38(32(29)40)27-13-9-6-10-14-27/h5-19,21H,4H2,1-3H3,(H,34,39)/b24-19+. The van der Waals surface area contributed by atoms with Crippen LogP contribution in [0.4, 0.5) is 5.69 Å². The summed E-state index contributed by atoms with van der Waals surface area (Å²) in [5.41, 5.74) is 3.52. The number of para-hydroxylation sites is 2. The number of aromatic nitrogens is 4. The van der Waals surface area contributed by atoms with E-state index in [4.69, 9.17) is 9.84 Å². The summed E-state index contributed by atoms with van der Waals surface area (Å²) < 4.78 is 10.4. The van der Waals surface area contributed by atoms with Gasteiger partial charge in [-0.25, -0.2) is 9.36 Å². The van der Waals surface area contributed by atoms with E-state index < -0.39 is 11.5 Å². The molecular weight excluding hydrogens is 516 g/mol. The molecule has 3 aromatic carbocycles. The van der Waals surface area contributed by atoms with Crippen LogP contribution in [0, 0.1) is 18.3 Å². The molecule has 0 unspecified atom stereocenters. The number of ether oxygens (including phenoxy) is 1. The van der Waals surface area contributed by atoms with Gasteiger partial charge in [0.25, 0.3) is 11.5 Å². The zero-order valence-electron chi connectivity index (χ0n) is 22.9. The zero-order valence-corrected chi connectivity index (χ0v) is 22.9. The second-order valence-corrected chi connectivity index (χ2v) is 9.23. The van der Waals surface area contributed by atoms with Gasteiger partial charge >= 0.3 is 0 Å². The Morgan fingerprint density at radius 3 is 2.24 bits per heavy atom. The van der Waals surface area contributed by atoms with Crippen LogP contribution in [0.2, 0.25) is 0 Å². The average Bonchev–Trinajstić information content (AvgIpc) is 3.51. The number of anilines is 1. The first-order valence-corrected chi connectivity index (χ1v) is 13.1. The monoisotopic (exact) mass is 544 g/mol. The fourth-order valence-electron chi connectivity index (χ4n) is 4.50. The third kappa shape index (κ3) is 5.44. The Balaban J connectivity index is 1.53. The molecule has 0 fully saturated rings. The number of nitriles is 1. The molecule has 0 saturated carbocycles. The predicted molar refractivity (Wildman–Crippen MR) is 158 cm³/mol. The molecule has 0 atom stereocenters. The van der Waals surface area contributed by atoms with Crippen LogP contribution in [0.5, 0.6) is 5.75 Å². The van der Waals surface area contributed by atoms with Gasteiger partial charge in [0.1, 0.15) is 23.1 Å². The molecule has 9 nitrogen and oxygen atoms in total. The molecule has 2 heterocycles. The maximum Gasteiger partial charge on any atom is 0.295 e. The molecule has 0 saturated heterocycles. The molecular formula is C32H28N6O3. The topological polar surface area (TPSA) is 107 Å². The summed E-state index contributed by atoms with van der Waals surface area (Å²) >= 11 is 0. The van der Waals surface area contributed by atoms with Gasteiger partial charge in [0.2, 0.25) is 0 Å². The largest absolute Gasteiger partial charge is 0.494 e. The van der Waals surface area contributed by atoms with Crippen LogP contribution in [-0.2, 0) is 11.8 Å². The second kappa shape index (κ2) is 11.6. The Hall–Kier alpha value is -5.62. The third-order valence-corrected chi connectivity index (χ3v) is 6.66. The van der Waals surface area contributed by atoms with E-state index in [0.29, 0.717) is 29.2 Å². The quantitative estimate of drug-likeness (QED) is 0.211. The molecule has 1 amide bonds. The van der Waals surface area contributed by atoms with Gasteiger partial charge < -0.3 is 10.1 Å². The summed E-state index contributed by atoms with van der Waals surface area (Å²) in [6.07, 6.45) is 3.25. The van der Waals surface area contributed by atoms with Crippen LogP contribution in [0.3, 0.4) is 0 Å². The Bertz CT molecular complexity index is 1820. The zero-order chi connectivity index (χ0) is 28.9. The number of hydrogen-bond donors (Lipinski definition) is 1. The van der Waals surface area contributed by atoms with Crippen LogP contribution >= 0.6 is 0 Å². The number of carbonyl (C=O) groups excluding carboxylic acids is 1. The van der Waals surface area contributed by atoms with Gasteiger partial charge in [-0.2, -0.15) is 10.4 Å². The summed E-state index contributed by atoms with van der Waals surface area (Å²) in [4.78, 5) is 26.6. The van der Waals surface area contributed by atoms with Crippen molar-refractivity contribution in [2.45, 2.75) is 13.8 Å². The third-order valence-electron chi connectivity index (χ3n) is 6.66. The number of nitrogens with one attached hydrogen (secondary N) is 1. The Morgan fingerprint density at radius 2 is 1.63 bits per heavy atom. The van der Waals surface area contributed by atoms with Crippen molar-refractivity contribution in [1.82, 2.24) is 19.1 Å². The van der Waals surface area contributed by atoms with Crippen molar-refractivity contribution in [2.75, 3.05) is 11.9 Å². The van der Waals surface area contributed by atoms with Crippen molar-refractivity contribution in [3.05, 3.63) is 118 Å². The molecule has 1 N–H and O–H groups in total. The predicted octanol–water partition coefficient (Wildman–Crippen LogP) is 5.28. The highest BCUT2D eigenvalue weighted by Crippen LogP contribution is 2.28. The Morgan fingerprint density at radius 1 is 1.00 bits per heavy atom. The molecule has 0 aliphatic rings. The van der Waals surface area contributed by atoms with Crippen LogP contribution in [0.1, 0.15) is 18.2 Å². The highest BCUT2D eigenvalue weighted by atomic mass is 16.5. The number of amides is 1.